The quantitative estimate of drug-likeness (QED) is 0.852. The number of benzene rings is 1. The van der Waals surface area contributed by atoms with Crippen molar-refractivity contribution in [3.05, 3.63) is 29.3 Å². The Hall–Kier alpha value is -0.580. The molecule has 0 saturated heterocycles. The maximum absolute atomic E-state index is 12.5. The van der Waals surface area contributed by atoms with E-state index in [1.165, 1.54) is 12.1 Å². The molecule has 0 heterocycles. The summed E-state index contributed by atoms with van der Waals surface area (Å²) in [6.07, 6.45) is 3.09. The molecular formula is C13H17ClO3S. The van der Waals surface area contributed by atoms with Gasteiger partial charge in [-0.3, -0.25) is 0 Å². The Balaban J connectivity index is 2.31. The van der Waals surface area contributed by atoms with E-state index >= 15 is 0 Å². The third kappa shape index (κ3) is 2.87. The van der Waals surface area contributed by atoms with Crippen molar-refractivity contribution in [3.8, 4) is 0 Å². The fraction of sp³-hybridized carbons (Fsp3) is 0.538. The van der Waals surface area contributed by atoms with Gasteiger partial charge in [-0.05, 0) is 37.1 Å². The van der Waals surface area contributed by atoms with Crippen molar-refractivity contribution in [2.75, 3.05) is 0 Å². The summed E-state index contributed by atoms with van der Waals surface area (Å²) in [5.41, 5.74) is 0. The molecule has 1 fully saturated rings. The Labute approximate surface area is 113 Å². The van der Waals surface area contributed by atoms with Crippen LogP contribution in [-0.4, -0.2) is 24.9 Å². The molecule has 0 amide bonds. The van der Waals surface area contributed by atoms with E-state index in [9.17, 15) is 13.5 Å². The second-order valence-corrected chi connectivity index (χ2v) is 7.35. The molecule has 1 aromatic rings. The van der Waals surface area contributed by atoms with Crippen molar-refractivity contribution >= 4 is 21.4 Å². The van der Waals surface area contributed by atoms with Crippen molar-refractivity contribution in [1.82, 2.24) is 0 Å². The van der Waals surface area contributed by atoms with E-state index in [1.807, 2.05) is 0 Å². The average Bonchev–Trinajstić information content (AvgIpc) is 2.55. The van der Waals surface area contributed by atoms with Gasteiger partial charge in [0.2, 0.25) is 0 Å². The Morgan fingerprint density at radius 1 is 1.06 bits per heavy atom. The van der Waals surface area contributed by atoms with Gasteiger partial charge in [0.15, 0.2) is 9.84 Å². The summed E-state index contributed by atoms with van der Waals surface area (Å²) < 4.78 is 24.9. The van der Waals surface area contributed by atoms with Gasteiger partial charge in [-0.2, -0.15) is 0 Å². The highest BCUT2D eigenvalue weighted by Gasteiger charge is 2.34. The molecule has 2 unspecified atom stereocenters. The van der Waals surface area contributed by atoms with Crippen LogP contribution in [0.4, 0.5) is 0 Å². The average molecular weight is 289 g/mol. The molecule has 2 atom stereocenters. The summed E-state index contributed by atoms with van der Waals surface area (Å²) >= 11 is 5.76. The summed E-state index contributed by atoms with van der Waals surface area (Å²) in [4.78, 5) is 0.248. The molecule has 1 saturated carbocycles. The first-order valence-electron chi connectivity index (χ1n) is 6.19. The SMILES string of the molecule is O=S(=O)(c1ccc(Cl)cc1)C1CCCCCC1O. The molecule has 1 N–H and O–H groups in total. The summed E-state index contributed by atoms with van der Waals surface area (Å²) in [5, 5.41) is 9.83. The number of halogens is 1. The standard InChI is InChI=1S/C13H17ClO3S/c14-10-6-8-11(9-7-10)18(16,17)13-5-3-1-2-4-12(13)15/h6-9,12-13,15H,1-5H2. The second-order valence-electron chi connectivity index (χ2n) is 4.74. The van der Waals surface area contributed by atoms with Crippen molar-refractivity contribution in [2.24, 2.45) is 0 Å². The lowest BCUT2D eigenvalue weighted by Gasteiger charge is -2.20. The van der Waals surface area contributed by atoms with E-state index in [-0.39, 0.29) is 4.90 Å². The first kappa shape index (κ1) is 13.8. The zero-order valence-electron chi connectivity index (χ0n) is 10.0. The third-order valence-electron chi connectivity index (χ3n) is 3.46. The van der Waals surface area contributed by atoms with E-state index in [0.717, 1.165) is 19.3 Å². The van der Waals surface area contributed by atoms with Crippen molar-refractivity contribution in [2.45, 2.75) is 48.4 Å². The van der Waals surface area contributed by atoms with Crippen LogP contribution in [0.2, 0.25) is 5.02 Å². The maximum atomic E-state index is 12.5. The lowest BCUT2D eigenvalue weighted by Crippen LogP contribution is -2.33. The van der Waals surface area contributed by atoms with E-state index in [4.69, 9.17) is 11.6 Å². The van der Waals surface area contributed by atoms with Crippen LogP contribution in [0.3, 0.4) is 0 Å². The minimum Gasteiger partial charge on any atom is -0.392 e. The summed E-state index contributed by atoms with van der Waals surface area (Å²) in [7, 11) is -3.46. The number of hydrogen-bond acceptors (Lipinski definition) is 3. The molecule has 100 valence electrons. The highest BCUT2D eigenvalue weighted by atomic mass is 35.5. The number of hydrogen-bond donors (Lipinski definition) is 1. The Bertz CT molecular complexity index is 495. The van der Waals surface area contributed by atoms with E-state index < -0.39 is 21.2 Å². The molecule has 0 aromatic heterocycles. The summed E-state index contributed by atoms with van der Waals surface area (Å²) in [5.74, 6) is 0. The molecule has 3 nitrogen and oxygen atoms in total. The van der Waals surface area contributed by atoms with E-state index in [0.29, 0.717) is 17.9 Å². The summed E-state index contributed by atoms with van der Waals surface area (Å²) in [6.45, 7) is 0. The van der Waals surface area contributed by atoms with Gasteiger partial charge in [0.1, 0.15) is 0 Å². The molecule has 1 aliphatic carbocycles. The molecule has 2 rings (SSSR count). The molecule has 0 spiro atoms. The maximum Gasteiger partial charge on any atom is 0.183 e. The normalized spacial score (nSPS) is 25.7. The molecule has 5 heteroatoms. The third-order valence-corrected chi connectivity index (χ3v) is 5.99. The molecule has 0 aliphatic heterocycles. The van der Waals surface area contributed by atoms with E-state index in [2.05, 4.69) is 0 Å². The lowest BCUT2D eigenvalue weighted by molar-refractivity contribution is 0.160. The Morgan fingerprint density at radius 2 is 1.67 bits per heavy atom. The molecule has 1 aromatic carbocycles. The zero-order chi connectivity index (χ0) is 13.2. The van der Waals surface area contributed by atoms with Crippen LogP contribution in [0.1, 0.15) is 32.1 Å². The highest BCUT2D eigenvalue weighted by Crippen LogP contribution is 2.28. The fourth-order valence-corrected chi connectivity index (χ4v) is 4.43. The van der Waals surface area contributed by atoms with Gasteiger partial charge in [0, 0.05) is 5.02 Å². The van der Waals surface area contributed by atoms with Crippen LogP contribution in [-0.2, 0) is 9.84 Å². The molecule has 0 radical (unpaired) electrons. The topological polar surface area (TPSA) is 54.4 Å². The second kappa shape index (κ2) is 5.59. The largest absolute Gasteiger partial charge is 0.392 e. The van der Waals surface area contributed by atoms with Gasteiger partial charge in [-0.25, -0.2) is 8.42 Å². The van der Waals surface area contributed by atoms with Crippen LogP contribution in [0.5, 0.6) is 0 Å². The zero-order valence-corrected chi connectivity index (χ0v) is 11.6. The molecular weight excluding hydrogens is 272 g/mol. The Kier molecular flexibility index (Phi) is 4.30. The number of aliphatic hydroxyl groups excluding tert-OH is 1. The predicted molar refractivity (Wildman–Crippen MR) is 71.5 cm³/mol. The van der Waals surface area contributed by atoms with Gasteiger partial charge >= 0.3 is 0 Å². The van der Waals surface area contributed by atoms with Gasteiger partial charge in [-0.15, -0.1) is 0 Å². The lowest BCUT2D eigenvalue weighted by atomic mass is 10.1. The monoisotopic (exact) mass is 288 g/mol. The van der Waals surface area contributed by atoms with Gasteiger partial charge in [0.25, 0.3) is 0 Å². The number of sulfone groups is 1. The predicted octanol–water partition coefficient (Wildman–Crippen LogP) is 2.81. The molecule has 1 aliphatic rings. The van der Waals surface area contributed by atoms with Crippen LogP contribution >= 0.6 is 11.6 Å². The molecule has 18 heavy (non-hydrogen) atoms. The first-order valence-corrected chi connectivity index (χ1v) is 8.12. The van der Waals surface area contributed by atoms with Crippen LogP contribution in [0.15, 0.2) is 29.2 Å². The highest BCUT2D eigenvalue weighted by molar-refractivity contribution is 7.92. The number of aliphatic hydroxyl groups is 1. The van der Waals surface area contributed by atoms with Crippen LogP contribution < -0.4 is 0 Å². The Morgan fingerprint density at radius 3 is 2.33 bits per heavy atom. The fourth-order valence-electron chi connectivity index (χ4n) is 2.42. The van der Waals surface area contributed by atoms with Gasteiger partial charge in [0.05, 0.1) is 16.2 Å². The minimum atomic E-state index is -3.46. The summed E-state index contributed by atoms with van der Waals surface area (Å²) in [6, 6.07) is 6.15. The van der Waals surface area contributed by atoms with Crippen LogP contribution in [0, 0.1) is 0 Å². The van der Waals surface area contributed by atoms with Crippen molar-refractivity contribution < 1.29 is 13.5 Å². The smallest absolute Gasteiger partial charge is 0.183 e. The minimum absolute atomic E-state index is 0.248. The van der Waals surface area contributed by atoms with Gasteiger partial charge < -0.3 is 5.11 Å². The first-order chi connectivity index (χ1) is 8.51. The van der Waals surface area contributed by atoms with Crippen LogP contribution in [0.25, 0.3) is 0 Å². The van der Waals surface area contributed by atoms with Gasteiger partial charge in [-0.1, -0.05) is 30.9 Å². The van der Waals surface area contributed by atoms with Crippen molar-refractivity contribution in [3.63, 3.8) is 0 Å². The van der Waals surface area contributed by atoms with Crippen molar-refractivity contribution in [1.29, 1.82) is 0 Å². The molecule has 0 bridgehead atoms. The van der Waals surface area contributed by atoms with E-state index in [1.54, 1.807) is 12.1 Å². The number of rotatable bonds is 2.